The molecule has 2 rings (SSSR count). The van der Waals surface area contributed by atoms with E-state index in [0.717, 1.165) is 23.7 Å². The summed E-state index contributed by atoms with van der Waals surface area (Å²) in [5, 5.41) is 8.21. The Morgan fingerprint density at radius 1 is 0.870 bits per heavy atom. The minimum atomic E-state index is -1.37. The van der Waals surface area contributed by atoms with Gasteiger partial charge in [0.25, 0.3) is 0 Å². The van der Waals surface area contributed by atoms with E-state index in [9.17, 15) is 8.78 Å². The van der Waals surface area contributed by atoms with Gasteiger partial charge in [0.2, 0.25) is 0 Å². The van der Waals surface area contributed by atoms with E-state index >= 15 is 0 Å². The van der Waals surface area contributed by atoms with Gasteiger partial charge in [0.15, 0.2) is 11.7 Å². The van der Waals surface area contributed by atoms with Crippen molar-refractivity contribution in [2.24, 2.45) is 23.7 Å². The summed E-state index contributed by atoms with van der Waals surface area (Å²) >= 11 is 0. The zero-order chi connectivity index (χ0) is 17.4. The highest BCUT2D eigenvalue weighted by Gasteiger charge is 2.28. The first-order valence-electron chi connectivity index (χ1n) is 8.91. The maximum Gasteiger partial charge on any atom is 0.199 e. The van der Waals surface area contributed by atoms with Crippen LogP contribution in [0.5, 0.6) is 0 Å². The van der Waals surface area contributed by atoms with Crippen molar-refractivity contribution in [2.45, 2.75) is 65.2 Å². The van der Waals surface area contributed by atoms with E-state index in [2.05, 4.69) is 27.0 Å². The van der Waals surface area contributed by atoms with Crippen LogP contribution in [0.3, 0.4) is 0 Å². The summed E-state index contributed by atoms with van der Waals surface area (Å²) in [6.45, 7) is 10.6. The number of aliphatic hydroxyl groups excluding tert-OH is 1. The molecular formula is C20H32F2O. The van der Waals surface area contributed by atoms with Crippen molar-refractivity contribution in [1.29, 1.82) is 0 Å². The summed E-state index contributed by atoms with van der Waals surface area (Å²) in [7, 11) is 0. The fourth-order valence-corrected chi connectivity index (χ4v) is 3.74. The Labute approximate surface area is 140 Å². The third-order valence-electron chi connectivity index (χ3n) is 5.43. The van der Waals surface area contributed by atoms with Crippen LogP contribution in [0.1, 0.15) is 65.2 Å². The smallest absolute Gasteiger partial charge is 0.199 e. The molecule has 1 nitrogen and oxygen atoms in total. The molecule has 0 amide bonds. The van der Waals surface area contributed by atoms with Crippen molar-refractivity contribution >= 4 is 0 Å². The minimum absolute atomic E-state index is 0.650. The first-order chi connectivity index (χ1) is 10.8. The predicted molar refractivity (Wildman–Crippen MR) is 93.5 cm³/mol. The third-order valence-corrected chi connectivity index (χ3v) is 5.43. The summed E-state index contributed by atoms with van der Waals surface area (Å²) in [5.41, 5.74) is 0. The molecule has 0 atom stereocenters. The minimum Gasteiger partial charge on any atom is -0.505 e. The van der Waals surface area contributed by atoms with Gasteiger partial charge in [-0.15, -0.1) is 0 Å². The highest BCUT2D eigenvalue weighted by atomic mass is 19.2. The zero-order valence-corrected chi connectivity index (χ0v) is 14.7. The van der Waals surface area contributed by atoms with E-state index in [-0.39, 0.29) is 0 Å². The molecule has 0 saturated heterocycles. The second-order valence-electron chi connectivity index (χ2n) is 7.35. The molecule has 0 aromatic carbocycles. The fraction of sp³-hybridized carbons (Fsp3) is 0.700. The SMILES string of the molecule is C=C/C(F)=C(/F)C(=C)O.CC1CCC(C2CCC(C)CC2)CC1. The van der Waals surface area contributed by atoms with Gasteiger partial charge in [-0.1, -0.05) is 52.7 Å². The Balaban J connectivity index is 0.000000257. The topological polar surface area (TPSA) is 20.2 Å². The van der Waals surface area contributed by atoms with E-state index < -0.39 is 17.4 Å². The van der Waals surface area contributed by atoms with Gasteiger partial charge < -0.3 is 5.11 Å². The van der Waals surface area contributed by atoms with Gasteiger partial charge >= 0.3 is 0 Å². The van der Waals surface area contributed by atoms with Crippen molar-refractivity contribution in [3.8, 4) is 0 Å². The van der Waals surface area contributed by atoms with Gasteiger partial charge in [-0.25, -0.2) is 4.39 Å². The molecule has 2 aliphatic rings. The second kappa shape index (κ2) is 9.89. The van der Waals surface area contributed by atoms with Crippen LogP contribution in [0.25, 0.3) is 0 Å². The molecule has 0 radical (unpaired) electrons. The van der Waals surface area contributed by atoms with Crippen LogP contribution in [0.15, 0.2) is 36.6 Å². The molecular weight excluding hydrogens is 294 g/mol. The van der Waals surface area contributed by atoms with Crippen LogP contribution in [-0.2, 0) is 0 Å². The Morgan fingerprint density at radius 2 is 1.22 bits per heavy atom. The first kappa shape index (κ1) is 19.9. The monoisotopic (exact) mass is 326 g/mol. The van der Waals surface area contributed by atoms with Crippen LogP contribution in [0.2, 0.25) is 0 Å². The molecule has 2 aliphatic carbocycles. The van der Waals surface area contributed by atoms with E-state index in [0.29, 0.717) is 6.08 Å². The maximum atomic E-state index is 12.0. The van der Waals surface area contributed by atoms with Crippen molar-refractivity contribution in [2.75, 3.05) is 0 Å². The number of halogens is 2. The first-order valence-corrected chi connectivity index (χ1v) is 8.91. The van der Waals surface area contributed by atoms with Crippen LogP contribution in [0, 0.1) is 23.7 Å². The summed E-state index contributed by atoms with van der Waals surface area (Å²) < 4.78 is 23.9. The summed E-state index contributed by atoms with van der Waals surface area (Å²) in [6.07, 6.45) is 12.9. The molecule has 23 heavy (non-hydrogen) atoms. The quantitative estimate of drug-likeness (QED) is 0.436. The molecule has 3 heteroatoms. The highest BCUT2D eigenvalue weighted by Crippen LogP contribution is 2.40. The van der Waals surface area contributed by atoms with Gasteiger partial charge in [-0.3, -0.25) is 0 Å². The van der Waals surface area contributed by atoms with Gasteiger partial charge in [0.05, 0.1) is 0 Å². The highest BCUT2D eigenvalue weighted by molar-refractivity contribution is 5.24. The Kier molecular flexibility index (Phi) is 8.57. The molecule has 132 valence electrons. The van der Waals surface area contributed by atoms with Crippen LogP contribution >= 0.6 is 0 Å². The van der Waals surface area contributed by atoms with Crippen molar-refractivity contribution in [1.82, 2.24) is 0 Å². The summed E-state index contributed by atoms with van der Waals surface area (Å²) in [5.74, 6) is 0.764. The Hall–Kier alpha value is -1.12. The van der Waals surface area contributed by atoms with E-state index in [4.69, 9.17) is 5.11 Å². The van der Waals surface area contributed by atoms with Crippen LogP contribution < -0.4 is 0 Å². The molecule has 0 aromatic rings. The largest absolute Gasteiger partial charge is 0.505 e. The Morgan fingerprint density at radius 3 is 1.43 bits per heavy atom. The van der Waals surface area contributed by atoms with Gasteiger partial charge in [0, 0.05) is 0 Å². The third kappa shape index (κ3) is 6.88. The number of hydrogen-bond acceptors (Lipinski definition) is 1. The van der Waals surface area contributed by atoms with Gasteiger partial charge in [-0.2, -0.15) is 4.39 Å². The standard InChI is InChI=1S/C14H26.C6H6F2O/c1-11-3-7-13(8-4-11)14-9-5-12(2)6-10-14;1-3-5(7)6(8)4(2)9/h11-14H,3-10H2,1-2H3;3,9H,1-2H2/b;6-5-. The molecule has 1 N–H and O–H groups in total. The lowest BCUT2D eigenvalue weighted by Crippen LogP contribution is -2.24. The van der Waals surface area contributed by atoms with Gasteiger partial charge in [-0.05, 0) is 55.4 Å². The van der Waals surface area contributed by atoms with E-state index in [1.807, 2.05) is 0 Å². The molecule has 2 fully saturated rings. The van der Waals surface area contributed by atoms with E-state index in [1.165, 1.54) is 25.7 Å². The normalized spacial score (nSPS) is 32.2. The van der Waals surface area contributed by atoms with Crippen molar-refractivity contribution < 1.29 is 13.9 Å². The molecule has 0 unspecified atom stereocenters. The van der Waals surface area contributed by atoms with Crippen LogP contribution in [-0.4, -0.2) is 5.11 Å². The molecule has 0 heterocycles. The molecule has 0 bridgehead atoms. The lowest BCUT2D eigenvalue weighted by molar-refractivity contribution is 0.155. The average Bonchev–Trinajstić information content (AvgIpc) is 2.55. The van der Waals surface area contributed by atoms with Gasteiger partial charge in [0.1, 0.15) is 5.76 Å². The Bertz CT molecular complexity index is 391. The zero-order valence-electron chi connectivity index (χ0n) is 14.7. The number of aliphatic hydroxyl groups is 1. The van der Waals surface area contributed by atoms with Crippen molar-refractivity contribution in [3.05, 3.63) is 36.6 Å². The summed E-state index contributed by atoms with van der Waals surface area (Å²) in [4.78, 5) is 0. The molecule has 0 aromatic heterocycles. The molecule has 0 aliphatic heterocycles. The number of rotatable bonds is 3. The van der Waals surface area contributed by atoms with Crippen molar-refractivity contribution in [3.63, 3.8) is 0 Å². The molecule has 2 saturated carbocycles. The fourth-order valence-electron chi connectivity index (χ4n) is 3.74. The summed E-state index contributed by atoms with van der Waals surface area (Å²) in [6, 6.07) is 0. The average molecular weight is 326 g/mol. The lowest BCUT2D eigenvalue weighted by Gasteiger charge is -2.36. The van der Waals surface area contributed by atoms with E-state index in [1.54, 1.807) is 25.7 Å². The second-order valence-corrected chi connectivity index (χ2v) is 7.35. The lowest BCUT2D eigenvalue weighted by atomic mass is 9.70. The predicted octanol–water partition coefficient (Wildman–Crippen LogP) is 7.03. The number of hydrogen-bond donors (Lipinski definition) is 1. The van der Waals surface area contributed by atoms with Crippen LogP contribution in [0.4, 0.5) is 8.78 Å². The molecule has 0 spiro atoms. The maximum absolute atomic E-state index is 12.0. The number of allylic oxidation sites excluding steroid dienone is 3.